The summed E-state index contributed by atoms with van der Waals surface area (Å²) in [6.07, 6.45) is 3.71. The van der Waals surface area contributed by atoms with Crippen LogP contribution in [0.1, 0.15) is 59.5 Å². The fourth-order valence-corrected chi connectivity index (χ4v) is 4.83. The van der Waals surface area contributed by atoms with E-state index < -0.39 is 58.1 Å². The van der Waals surface area contributed by atoms with E-state index in [1.165, 1.54) is 10.8 Å². The van der Waals surface area contributed by atoms with Crippen molar-refractivity contribution >= 4 is 11.8 Å². The number of carbonyl (C=O) groups is 2. The minimum absolute atomic E-state index is 0.00503. The van der Waals surface area contributed by atoms with Crippen molar-refractivity contribution in [3.05, 3.63) is 62.8 Å². The fourth-order valence-electron chi connectivity index (χ4n) is 4.83. The molecule has 0 saturated carbocycles. The van der Waals surface area contributed by atoms with E-state index in [1.807, 2.05) is 13.8 Å². The lowest BCUT2D eigenvalue weighted by Gasteiger charge is -2.48. The highest BCUT2D eigenvalue weighted by atomic mass is 19.1. The zero-order valence-electron chi connectivity index (χ0n) is 18.2. The van der Waals surface area contributed by atoms with Gasteiger partial charge in [0.25, 0.3) is 11.8 Å². The van der Waals surface area contributed by atoms with Gasteiger partial charge in [-0.25, -0.2) is 13.2 Å². The summed E-state index contributed by atoms with van der Waals surface area (Å²) in [6, 6.07) is 0.821. The Hall–Kier alpha value is -3.30. The van der Waals surface area contributed by atoms with Gasteiger partial charge >= 0.3 is 0 Å². The third-order valence-corrected chi connectivity index (χ3v) is 6.69. The summed E-state index contributed by atoms with van der Waals surface area (Å²) in [6.45, 7) is 3.67. The molecule has 1 unspecified atom stereocenters. The average molecular weight is 463 g/mol. The quantitative estimate of drug-likeness (QED) is 0.730. The highest BCUT2D eigenvalue weighted by molar-refractivity contribution is 5.99. The molecule has 1 saturated heterocycles. The standard InChI is InChI=1S/C23H24F3N3O4/c1-3-13-5-4-11(2)18-10-28-9-15(20(30)21(31)19(28)23(33)29(13)18)22(32)27-8-14-16(25)6-12(24)7-17(14)26/h6-7,9,11,13,18,31H,3-5,8,10H2,1-2H3,(H,27,32)/t11?,13-,18-/m0/s1. The number of piperidine rings is 1. The minimum atomic E-state index is -1.18. The van der Waals surface area contributed by atoms with E-state index in [0.717, 1.165) is 19.3 Å². The van der Waals surface area contributed by atoms with Crippen LogP contribution in [-0.4, -0.2) is 38.5 Å². The molecule has 3 atom stereocenters. The van der Waals surface area contributed by atoms with Gasteiger partial charge in [-0.1, -0.05) is 13.8 Å². The van der Waals surface area contributed by atoms with Gasteiger partial charge in [0.15, 0.2) is 11.4 Å². The molecular formula is C23H24F3N3O4. The number of amides is 2. The van der Waals surface area contributed by atoms with E-state index in [2.05, 4.69) is 5.32 Å². The zero-order valence-corrected chi connectivity index (χ0v) is 18.2. The molecule has 10 heteroatoms. The lowest BCUT2D eigenvalue weighted by molar-refractivity contribution is 0.0149. The number of nitrogens with zero attached hydrogens (tertiary/aromatic N) is 2. The smallest absolute Gasteiger partial charge is 0.275 e. The summed E-state index contributed by atoms with van der Waals surface area (Å²) in [5, 5.41) is 12.8. The van der Waals surface area contributed by atoms with E-state index in [4.69, 9.17) is 0 Å². The molecule has 2 aliphatic heterocycles. The second kappa shape index (κ2) is 8.57. The molecule has 0 spiro atoms. The van der Waals surface area contributed by atoms with Gasteiger partial charge in [-0.3, -0.25) is 14.4 Å². The van der Waals surface area contributed by atoms with E-state index >= 15 is 0 Å². The first kappa shape index (κ1) is 22.9. The van der Waals surface area contributed by atoms with Crippen LogP contribution in [0.15, 0.2) is 23.1 Å². The number of halogens is 3. The average Bonchev–Trinajstić information content (AvgIpc) is 2.76. The van der Waals surface area contributed by atoms with Gasteiger partial charge in [0.2, 0.25) is 5.43 Å². The van der Waals surface area contributed by atoms with Crippen LogP contribution < -0.4 is 10.7 Å². The molecule has 4 rings (SSSR count). The number of carbonyl (C=O) groups excluding carboxylic acids is 2. The molecule has 2 aromatic rings. The van der Waals surface area contributed by atoms with Crippen LogP contribution in [-0.2, 0) is 13.1 Å². The van der Waals surface area contributed by atoms with Crippen LogP contribution in [0.25, 0.3) is 0 Å². The molecule has 3 heterocycles. The maximum absolute atomic E-state index is 13.9. The number of hydrogen-bond acceptors (Lipinski definition) is 4. The van der Waals surface area contributed by atoms with Gasteiger partial charge in [0.05, 0.1) is 6.04 Å². The van der Waals surface area contributed by atoms with Crippen LogP contribution in [0, 0.1) is 23.4 Å². The molecule has 176 valence electrons. The van der Waals surface area contributed by atoms with Crippen molar-refractivity contribution in [2.24, 2.45) is 5.92 Å². The Kier molecular flexibility index (Phi) is 5.94. The number of pyridine rings is 1. The highest BCUT2D eigenvalue weighted by Crippen LogP contribution is 2.36. The number of benzene rings is 1. The van der Waals surface area contributed by atoms with E-state index in [-0.39, 0.29) is 23.7 Å². The number of nitrogens with one attached hydrogen (secondary N) is 1. The van der Waals surface area contributed by atoms with Gasteiger partial charge in [0.1, 0.15) is 23.0 Å². The molecule has 33 heavy (non-hydrogen) atoms. The van der Waals surface area contributed by atoms with E-state index in [9.17, 15) is 32.7 Å². The first-order chi connectivity index (χ1) is 15.6. The Morgan fingerprint density at radius 3 is 2.48 bits per heavy atom. The van der Waals surface area contributed by atoms with Crippen LogP contribution >= 0.6 is 0 Å². The Labute approximate surface area is 187 Å². The van der Waals surface area contributed by atoms with Crippen molar-refractivity contribution in [2.45, 2.75) is 58.3 Å². The first-order valence-corrected chi connectivity index (χ1v) is 10.8. The summed E-state index contributed by atoms with van der Waals surface area (Å²) in [5.74, 6) is -5.54. The van der Waals surface area contributed by atoms with Crippen molar-refractivity contribution in [1.29, 1.82) is 0 Å². The Morgan fingerprint density at radius 1 is 1.18 bits per heavy atom. The van der Waals surface area contributed by atoms with Crippen LogP contribution in [0.4, 0.5) is 13.2 Å². The van der Waals surface area contributed by atoms with Crippen molar-refractivity contribution in [3.8, 4) is 5.75 Å². The van der Waals surface area contributed by atoms with Crippen LogP contribution in [0.3, 0.4) is 0 Å². The van der Waals surface area contributed by atoms with Gasteiger partial charge in [-0.2, -0.15) is 0 Å². The summed E-state index contributed by atoms with van der Waals surface area (Å²) in [5.41, 5.74) is -2.25. The predicted octanol–water partition coefficient (Wildman–Crippen LogP) is 2.93. The normalized spacial score (nSPS) is 22.0. The predicted molar refractivity (Wildman–Crippen MR) is 112 cm³/mol. The van der Waals surface area contributed by atoms with Crippen molar-refractivity contribution in [1.82, 2.24) is 14.8 Å². The Morgan fingerprint density at radius 2 is 1.85 bits per heavy atom. The molecule has 1 aromatic heterocycles. The molecule has 0 radical (unpaired) electrons. The lowest BCUT2D eigenvalue weighted by Crippen LogP contribution is -2.58. The maximum atomic E-state index is 13.9. The van der Waals surface area contributed by atoms with Crippen molar-refractivity contribution < 1.29 is 27.9 Å². The zero-order chi connectivity index (χ0) is 24.0. The van der Waals surface area contributed by atoms with Gasteiger partial charge in [-0.15, -0.1) is 0 Å². The molecular weight excluding hydrogens is 439 g/mol. The molecule has 2 N–H and O–H groups in total. The highest BCUT2D eigenvalue weighted by Gasteiger charge is 2.43. The second-order valence-corrected chi connectivity index (χ2v) is 8.65. The van der Waals surface area contributed by atoms with Crippen LogP contribution in [0.5, 0.6) is 5.75 Å². The second-order valence-electron chi connectivity index (χ2n) is 8.65. The van der Waals surface area contributed by atoms with Crippen molar-refractivity contribution in [2.75, 3.05) is 0 Å². The van der Waals surface area contributed by atoms with E-state index in [0.29, 0.717) is 18.7 Å². The topological polar surface area (TPSA) is 91.6 Å². The van der Waals surface area contributed by atoms with Crippen LogP contribution in [0.2, 0.25) is 0 Å². The molecule has 2 amide bonds. The van der Waals surface area contributed by atoms with Gasteiger partial charge < -0.3 is 19.9 Å². The molecule has 7 nitrogen and oxygen atoms in total. The number of aromatic hydroxyl groups is 1. The molecule has 0 bridgehead atoms. The largest absolute Gasteiger partial charge is 0.503 e. The monoisotopic (exact) mass is 463 g/mol. The molecule has 2 aliphatic rings. The molecule has 0 aliphatic carbocycles. The minimum Gasteiger partial charge on any atom is -0.503 e. The molecule has 1 fully saturated rings. The third-order valence-electron chi connectivity index (χ3n) is 6.69. The number of rotatable bonds is 4. The van der Waals surface area contributed by atoms with Gasteiger partial charge in [0, 0.05) is 43.0 Å². The summed E-state index contributed by atoms with van der Waals surface area (Å²) >= 11 is 0. The SMILES string of the molecule is CC[C@H]1CCC(C)[C@@H]2Cn3cc(C(=O)NCc4c(F)cc(F)cc4F)c(=O)c(O)c3C(=O)N12. The maximum Gasteiger partial charge on any atom is 0.275 e. The lowest BCUT2D eigenvalue weighted by atomic mass is 9.84. The summed E-state index contributed by atoms with van der Waals surface area (Å²) < 4.78 is 42.2. The number of fused-ring (bicyclic) bond motifs is 2. The fraction of sp³-hybridized carbons (Fsp3) is 0.435. The Balaban J connectivity index is 1.66. The number of hydrogen-bond donors (Lipinski definition) is 2. The summed E-state index contributed by atoms with van der Waals surface area (Å²) in [4.78, 5) is 40.3. The first-order valence-electron chi connectivity index (χ1n) is 10.8. The molecule has 1 aromatic carbocycles. The van der Waals surface area contributed by atoms with Gasteiger partial charge in [-0.05, 0) is 25.2 Å². The third kappa shape index (κ3) is 3.87. The Bertz CT molecular complexity index is 1170. The van der Waals surface area contributed by atoms with Crippen molar-refractivity contribution in [3.63, 3.8) is 0 Å². The summed E-state index contributed by atoms with van der Waals surface area (Å²) in [7, 11) is 0. The number of aromatic nitrogens is 1. The van der Waals surface area contributed by atoms with E-state index in [1.54, 1.807) is 4.90 Å².